The molecule has 2 saturated carbocycles. The zero-order valence-electron chi connectivity index (χ0n) is 20.6. The number of carboxylic acids is 1. The van der Waals surface area contributed by atoms with Crippen molar-refractivity contribution in [2.45, 2.75) is 63.2 Å². The van der Waals surface area contributed by atoms with E-state index in [-0.39, 0.29) is 43.3 Å². The number of methoxy groups -OCH3 is 1. The van der Waals surface area contributed by atoms with Crippen LogP contribution in [0.4, 0.5) is 26.3 Å². The maximum atomic E-state index is 12.9. The molecule has 0 aromatic carbocycles. The molecule has 218 valence electrons. The highest BCUT2D eigenvalue weighted by molar-refractivity contribution is 7.99. The first-order valence-electron chi connectivity index (χ1n) is 11.3. The standard InChI is InChI=1S/C8H13FO2S.C7H9ClF2OS.C7H11F3O2S/c1-8(9)4-6(8)5-12-3-2-7(10)11;8-6(11)1-2-12-4-5-3-7(5,9)10;1-12-6(11)2-4-13-5-3-7(8,9)10/h6H,2-5H2,1H3,(H,10,11);5H,1-4H2;2-5H2,1H3. The first-order chi connectivity index (χ1) is 17.0. The summed E-state index contributed by atoms with van der Waals surface area (Å²) >= 11 is 9.07. The number of carbonyl (C=O) groups excluding carboxylic acids is 2. The molecule has 0 saturated heterocycles. The fourth-order valence-electron chi connectivity index (χ4n) is 2.42. The van der Waals surface area contributed by atoms with Gasteiger partial charge in [-0.05, 0) is 30.7 Å². The highest BCUT2D eigenvalue weighted by Gasteiger charge is 2.56. The summed E-state index contributed by atoms with van der Waals surface area (Å²) in [4.78, 5) is 30.8. The van der Waals surface area contributed by atoms with Crippen LogP contribution in [0.2, 0.25) is 0 Å². The van der Waals surface area contributed by atoms with E-state index < -0.39 is 41.3 Å². The molecule has 0 spiro atoms. The van der Waals surface area contributed by atoms with E-state index in [1.165, 1.54) is 30.6 Å². The molecule has 0 aliphatic heterocycles. The van der Waals surface area contributed by atoms with Crippen molar-refractivity contribution in [3.63, 3.8) is 0 Å². The lowest BCUT2D eigenvalue weighted by atomic mass is 10.3. The summed E-state index contributed by atoms with van der Waals surface area (Å²) < 4.78 is 76.6. The summed E-state index contributed by atoms with van der Waals surface area (Å²) in [7, 11) is 1.25. The Hall–Kier alpha value is -0.470. The molecule has 2 fully saturated rings. The smallest absolute Gasteiger partial charge is 0.389 e. The van der Waals surface area contributed by atoms with E-state index in [2.05, 4.69) is 4.74 Å². The number of ether oxygens (including phenoxy) is 1. The fraction of sp³-hybridized carbons (Fsp3) is 0.864. The van der Waals surface area contributed by atoms with E-state index in [9.17, 15) is 40.7 Å². The molecule has 3 unspecified atom stereocenters. The molecular weight excluding hydrogens is 590 g/mol. The van der Waals surface area contributed by atoms with E-state index in [1.54, 1.807) is 6.92 Å². The van der Waals surface area contributed by atoms with Crippen LogP contribution in [-0.2, 0) is 19.1 Å². The van der Waals surface area contributed by atoms with Crippen molar-refractivity contribution in [1.82, 2.24) is 0 Å². The number of hydrogen-bond acceptors (Lipinski definition) is 7. The van der Waals surface area contributed by atoms with Crippen molar-refractivity contribution in [3.05, 3.63) is 0 Å². The van der Waals surface area contributed by atoms with Crippen LogP contribution in [0.5, 0.6) is 0 Å². The van der Waals surface area contributed by atoms with E-state index in [0.717, 1.165) is 17.5 Å². The van der Waals surface area contributed by atoms with E-state index >= 15 is 0 Å². The third kappa shape index (κ3) is 22.1. The van der Waals surface area contributed by atoms with E-state index in [0.29, 0.717) is 29.4 Å². The van der Waals surface area contributed by atoms with Gasteiger partial charge < -0.3 is 9.84 Å². The Bertz CT molecular complexity index is 673. The molecule has 5 nitrogen and oxygen atoms in total. The first kappa shape index (κ1) is 36.5. The number of esters is 1. The molecule has 15 heteroatoms. The molecule has 2 aliphatic carbocycles. The van der Waals surface area contributed by atoms with Crippen molar-refractivity contribution >= 4 is 64.1 Å². The fourth-order valence-corrected chi connectivity index (χ4v) is 5.89. The van der Waals surface area contributed by atoms with Crippen LogP contribution >= 0.6 is 46.9 Å². The summed E-state index contributed by atoms with van der Waals surface area (Å²) in [5, 5.41) is 7.91. The van der Waals surface area contributed by atoms with Gasteiger partial charge in [0.25, 0.3) is 5.92 Å². The van der Waals surface area contributed by atoms with E-state index in [1.807, 2.05) is 0 Å². The molecule has 0 amide bonds. The molecule has 0 aromatic heterocycles. The third-order valence-electron chi connectivity index (χ3n) is 5.04. The van der Waals surface area contributed by atoms with Gasteiger partial charge in [0.15, 0.2) is 0 Å². The number of thioether (sulfide) groups is 3. The normalized spacial score (nSPS) is 23.1. The molecule has 0 bridgehead atoms. The maximum Gasteiger partial charge on any atom is 0.389 e. The van der Waals surface area contributed by atoms with Crippen molar-refractivity contribution in [2.75, 3.05) is 41.6 Å². The molecule has 1 N–H and O–H groups in total. The topological polar surface area (TPSA) is 80.7 Å². The van der Waals surface area contributed by atoms with Crippen LogP contribution in [-0.4, -0.2) is 81.7 Å². The van der Waals surface area contributed by atoms with Crippen LogP contribution in [0.15, 0.2) is 0 Å². The number of alkyl halides is 6. The van der Waals surface area contributed by atoms with Gasteiger partial charge in [0.1, 0.15) is 5.67 Å². The van der Waals surface area contributed by atoms with Gasteiger partial charge >= 0.3 is 18.1 Å². The minimum Gasteiger partial charge on any atom is -0.481 e. The van der Waals surface area contributed by atoms with Crippen LogP contribution in [0, 0.1) is 11.8 Å². The zero-order chi connectivity index (χ0) is 28.7. The zero-order valence-corrected chi connectivity index (χ0v) is 23.8. The van der Waals surface area contributed by atoms with Gasteiger partial charge in [-0.15, -0.1) is 0 Å². The SMILES string of the molecule is CC1(F)CC1CSCCC(=O)O.COC(=O)CCSCCC(F)(F)F.O=C(Cl)CCSCC1CC1(F)F. The van der Waals surface area contributed by atoms with Gasteiger partial charge in [0.05, 0.1) is 26.4 Å². The van der Waals surface area contributed by atoms with Crippen molar-refractivity contribution in [3.8, 4) is 0 Å². The summed E-state index contributed by atoms with van der Waals surface area (Å²) in [6.45, 7) is 1.61. The Morgan fingerprint density at radius 1 is 0.919 bits per heavy atom. The Morgan fingerprint density at radius 3 is 1.81 bits per heavy atom. The lowest BCUT2D eigenvalue weighted by molar-refractivity contribution is -0.140. The predicted octanol–water partition coefficient (Wildman–Crippen LogP) is 6.71. The van der Waals surface area contributed by atoms with Gasteiger partial charge in [0.2, 0.25) is 5.24 Å². The average molecular weight is 623 g/mol. The Balaban J connectivity index is 0.000000526. The third-order valence-corrected chi connectivity index (χ3v) is 8.48. The summed E-state index contributed by atoms with van der Waals surface area (Å²) in [5.41, 5.74) is -0.962. The van der Waals surface area contributed by atoms with Gasteiger partial charge in [-0.25, -0.2) is 13.2 Å². The molecule has 0 aromatic rings. The summed E-state index contributed by atoms with van der Waals surface area (Å²) in [5.74, 6) is -1.17. The van der Waals surface area contributed by atoms with Crippen LogP contribution in [0.25, 0.3) is 0 Å². The Labute approximate surface area is 230 Å². The molecule has 2 rings (SSSR count). The van der Waals surface area contributed by atoms with Crippen LogP contribution in [0.3, 0.4) is 0 Å². The molecule has 0 heterocycles. The molecule has 3 atom stereocenters. The number of halogens is 7. The number of hydrogen-bond donors (Lipinski definition) is 1. The average Bonchev–Trinajstić information content (AvgIpc) is 3.60. The van der Waals surface area contributed by atoms with Gasteiger partial charge in [-0.2, -0.15) is 48.5 Å². The largest absolute Gasteiger partial charge is 0.481 e. The van der Waals surface area contributed by atoms with Crippen molar-refractivity contribution in [2.24, 2.45) is 11.8 Å². The Kier molecular flexibility index (Phi) is 17.8. The Morgan fingerprint density at radius 2 is 1.41 bits per heavy atom. The van der Waals surface area contributed by atoms with Crippen molar-refractivity contribution in [1.29, 1.82) is 0 Å². The second-order valence-electron chi connectivity index (χ2n) is 8.54. The van der Waals surface area contributed by atoms with Gasteiger partial charge in [0, 0.05) is 53.4 Å². The van der Waals surface area contributed by atoms with Gasteiger partial charge in [-0.1, -0.05) is 0 Å². The molecule has 37 heavy (non-hydrogen) atoms. The lowest BCUT2D eigenvalue weighted by Crippen LogP contribution is -2.09. The second kappa shape index (κ2) is 18.0. The predicted molar refractivity (Wildman–Crippen MR) is 138 cm³/mol. The minimum absolute atomic E-state index is 0.000490. The monoisotopic (exact) mass is 622 g/mol. The summed E-state index contributed by atoms with van der Waals surface area (Å²) in [6, 6.07) is 0. The van der Waals surface area contributed by atoms with Crippen LogP contribution < -0.4 is 0 Å². The van der Waals surface area contributed by atoms with Crippen molar-refractivity contribution < 1.29 is 50.6 Å². The number of rotatable bonds is 15. The first-order valence-corrected chi connectivity index (χ1v) is 15.2. The minimum atomic E-state index is -4.10. The number of aliphatic carboxylic acids is 1. The highest BCUT2D eigenvalue weighted by Crippen LogP contribution is 2.50. The second-order valence-corrected chi connectivity index (χ2v) is 12.5. The highest BCUT2D eigenvalue weighted by atomic mass is 35.5. The number of carboxylic acid groups (broad SMARTS) is 1. The maximum absolute atomic E-state index is 12.9. The van der Waals surface area contributed by atoms with Crippen LogP contribution in [0.1, 0.15) is 45.4 Å². The van der Waals surface area contributed by atoms with Gasteiger partial charge in [-0.3, -0.25) is 14.4 Å². The van der Waals surface area contributed by atoms with E-state index in [4.69, 9.17) is 16.7 Å². The summed E-state index contributed by atoms with van der Waals surface area (Å²) in [6.07, 6.45) is -3.64. The molecule has 0 radical (unpaired) electrons. The lowest BCUT2D eigenvalue weighted by Gasteiger charge is -2.04. The quantitative estimate of drug-likeness (QED) is 0.0935. The molecular formula is C22H33ClF6O5S3. The number of carbonyl (C=O) groups is 3. The molecule has 2 aliphatic rings.